The summed E-state index contributed by atoms with van der Waals surface area (Å²) in [4.78, 5) is 0. The molecule has 0 saturated carbocycles. The van der Waals surface area contributed by atoms with Crippen molar-refractivity contribution in [3.05, 3.63) is 29.8 Å². The SMILES string of the molecule is CCC(C)c1ccccc1OCCCC(CC)(CO)NC. The number of likely N-dealkylation sites (N-methyl/N-ethyl adjacent to an activating group) is 1. The first kappa shape index (κ1) is 18.0. The lowest BCUT2D eigenvalue weighted by Gasteiger charge is -2.30. The Morgan fingerprint density at radius 3 is 2.57 bits per heavy atom. The van der Waals surface area contributed by atoms with Gasteiger partial charge in [0.2, 0.25) is 0 Å². The summed E-state index contributed by atoms with van der Waals surface area (Å²) in [6.07, 6.45) is 3.89. The van der Waals surface area contributed by atoms with Crippen molar-refractivity contribution in [2.45, 2.75) is 57.9 Å². The van der Waals surface area contributed by atoms with Gasteiger partial charge in [-0.2, -0.15) is 0 Å². The maximum absolute atomic E-state index is 9.54. The van der Waals surface area contributed by atoms with Gasteiger partial charge in [0.05, 0.1) is 13.2 Å². The monoisotopic (exact) mass is 293 g/mol. The number of hydrogen-bond acceptors (Lipinski definition) is 3. The van der Waals surface area contributed by atoms with Crippen LogP contribution in [0.1, 0.15) is 57.9 Å². The molecule has 0 aliphatic heterocycles. The van der Waals surface area contributed by atoms with Crippen LogP contribution in [0, 0.1) is 0 Å². The molecule has 3 nitrogen and oxygen atoms in total. The molecule has 0 saturated heterocycles. The van der Waals surface area contributed by atoms with Crippen molar-refractivity contribution in [3.8, 4) is 5.75 Å². The molecule has 0 amide bonds. The molecule has 1 rings (SSSR count). The van der Waals surface area contributed by atoms with E-state index in [1.54, 1.807) is 0 Å². The molecule has 1 aromatic carbocycles. The summed E-state index contributed by atoms with van der Waals surface area (Å²) in [7, 11) is 1.92. The lowest BCUT2D eigenvalue weighted by molar-refractivity contribution is 0.145. The van der Waals surface area contributed by atoms with Crippen LogP contribution in [0.4, 0.5) is 0 Å². The van der Waals surface area contributed by atoms with E-state index in [4.69, 9.17) is 4.74 Å². The second-order valence-corrected chi connectivity index (χ2v) is 5.84. The van der Waals surface area contributed by atoms with Gasteiger partial charge in [-0.25, -0.2) is 0 Å². The minimum atomic E-state index is -0.167. The third-order valence-electron chi connectivity index (χ3n) is 4.63. The van der Waals surface area contributed by atoms with Gasteiger partial charge in [0.15, 0.2) is 0 Å². The van der Waals surface area contributed by atoms with Crippen LogP contribution in [-0.4, -0.2) is 30.9 Å². The molecule has 0 radical (unpaired) electrons. The van der Waals surface area contributed by atoms with Gasteiger partial charge in [-0.1, -0.05) is 39.0 Å². The van der Waals surface area contributed by atoms with Gasteiger partial charge in [-0.15, -0.1) is 0 Å². The predicted octanol–water partition coefficient (Wildman–Crippen LogP) is 3.72. The molecule has 2 atom stereocenters. The first-order chi connectivity index (χ1) is 10.1. The van der Waals surface area contributed by atoms with Gasteiger partial charge >= 0.3 is 0 Å². The quantitative estimate of drug-likeness (QED) is 0.646. The molecule has 0 spiro atoms. The third kappa shape index (κ3) is 5.01. The number of benzene rings is 1. The first-order valence-electron chi connectivity index (χ1n) is 8.14. The van der Waals surface area contributed by atoms with Gasteiger partial charge < -0.3 is 15.2 Å². The van der Waals surface area contributed by atoms with E-state index in [1.807, 2.05) is 13.1 Å². The van der Waals surface area contributed by atoms with Gasteiger partial charge in [-0.05, 0) is 50.3 Å². The third-order valence-corrected chi connectivity index (χ3v) is 4.63. The Kier molecular flexibility index (Phi) is 7.76. The highest BCUT2D eigenvalue weighted by Crippen LogP contribution is 2.28. The lowest BCUT2D eigenvalue weighted by Crippen LogP contribution is -2.46. The summed E-state index contributed by atoms with van der Waals surface area (Å²) in [6.45, 7) is 7.40. The summed E-state index contributed by atoms with van der Waals surface area (Å²) in [5, 5.41) is 12.8. The van der Waals surface area contributed by atoms with Crippen LogP contribution >= 0.6 is 0 Å². The van der Waals surface area contributed by atoms with E-state index in [0.29, 0.717) is 12.5 Å². The van der Waals surface area contributed by atoms with Crippen LogP contribution in [0.25, 0.3) is 0 Å². The Balaban J connectivity index is 2.53. The van der Waals surface area contributed by atoms with Crippen molar-refractivity contribution in [2.75, 3.05) is 20.3 Å². The highest BCUT2D eigenvalue weighted by molar-refractivity contribution is 5.35. The van der Waals surface area contributed by atoms with E-state index in [9.17, 15) is 5.11 Å². The maximum Gasteiger partial charge on any atom is 0.122 e. The Morgan fingerprint density at radius 2 is 2.00 bits per heavy atom. The van der Waals surface area contributed by atoms with Gasteiger partial charge in [0.1, 0.15) is 5.75 Å². The highest BCUT2D eigenvalue weighted by atomic mass is 16.5. The number of hydrogen-bond donors (Lipinski definition) is 2. The average molecular weight is 293 g/mol. The van der Waals surface area contributed by atoms with Crippen LogP contribution in [0.2, 0.25) is 0 Å². The van der Waals surface area contributed by atoms with E-state index in [1.165, 1.54) is 5.56 Å². The molecule has 2 unspecified atom stereocenters. The number of ether oxygens (including phenoxy) is 1. The second kappa shape index (κ2) is 9.06. The zero-order valence-corrected chi connectivity index (χ0v) is 14.0. The van der Waals surface area contributed by atoms with Crippen LogP contribution in [0.15, 0.2) is 24.3 Å². The van der Waals surface area contributed by atoms with E-state index < -0.39 is 0 Å². The van der Waals surface area contributed by atoms with Crippen molar-refractivity contribution >= 4 is 0 Å². The molecule has 120 valence electrons. The molecule has 0 bridgehead atoms. The molecule has 0 aliphatic carbocycles. The molecule has 0 aromatic heterocycles. The maximum atomic E-state index is 9.54. The summed E-state index contributed by atoms with van der Waals surface area (Å²) in [5.74, 6) is 1.52. The van der Waals surface area contributed by atoms with Gasteiger partial charge in [0.25, 0.3) is 0 Å². The van der Waals surface area contributed by atoms with Crippen LogP contribution in [-0.2, 0) is 0 Å². The van der Waals surface area contributed by atoms with E-state index in [0.717, 1.165) is 31.4 Å². The number of para-hydroxylation sites is 1. The van der Waals surface area contributed by atoms with Crippen LogP contribution in [0.5, 0.6) is 5.75 Å². The first-order valence-corrected chi connectivity index (χ1v) is 8.14. The zero-order chi connectivity index (χ0) is 15.7. The molecular weight excluding hydrogens is 262 g/mol. The molecule has 0 heterocycles. The standard InChI is InChI=1S/C18H31NO2/c1-5-15(3)16-10-7-8-11-17(16)21-13-9-12-18(6-2,14-20)19-4/h7-8,10-11,15,19-20H,5-6,9,12-14H2,1-4H3. The largest absolute Gasteiger partial charge is 0.493 e. The Morgan fingerprint density at radius 1 is 1.29 bits per heavy atom. The molecule has 2 N–H and O–H groups in total. The normalized spacial score (nSPS) is 15.5. The van der Waals surface area contributed by atoms with Crippen molar-refractivity contribution in [1.82, 2.24) is 5.32 Å². The fourth-order valence-corrected chi connectivity index (χ4v) is 2.58. The molecule has 1 aromatic rings. The number of aliphatic hydroxyl groups excluding tert-OH is 1. The predicted molar refractivity (Wildman–Crippen MR) is 89.0 cm³/mol. The minimum Gasteiger partial charge on any atom is -0.493 e. The van der Waals surface area contributed by atoms with E-state index in [2.05, 4.69) is 44.3 Å². The minimum absolute atomic E-state index is 0.167. The smallest absolute Gasteiger partial charge is 0.122 e. The summed E-state index contributed by atoms with van der Waals surface area (Å²) < 4.78 is 5.98. The average Bonchev–Trinajstić information content (AvgIpc) is 2.55. The number of nitrogens with one attached hydrogen (secondary N) is 1. The van der Waals surface area contributed by atoms with Crippen molar-refractivity contribution < 1.29 is 9.84 Å². The summed E-state index contributed by atoms with van der Waals surface area (Å²) in [5.41, 5.74) is 1.12. The fraction of sp³-hybridized carbons (Fsp3) is 0.667. The second-order valence-electron chi connectivity index (χ2n) is 5.84. The fourth-order valence-electron chi connectivity index (χ4n) is 2.58. The van der Waals surface area contributed by atoms with Gasteiger partial charge in [0, 0.05) is 5.54 Å². The van der Waals surface area contributed by atoms with E-state index in [-0.39, 0.29) is 12.1 Å². The van der Waals surface area contributed by atoms with Crippen LogP contribution in [0.3, 0.4) is 0 Å². The van der Waals surface area contributed by atoms with E-state index >= 15 is 0 Å². The Bertz CT molecular complexity index is 394. The van der Waals surface area contributed by atoms with Crippen molar-refractivity contribution in [1.29, 1.82) is 0 Å². The molecule has 0 fully saturated rings. The Hall–Kier alpha value is -1.06. The summed E-state index contributed by atoms with van der Waals surface area (Å²) in [6, 6.07) is 8.31. The highest BCUT2D eigenvalue weighted by Gasteiger charge is 2.24. The molecule has 21 heavy (non-hydrogen) atoms. The van der Waals surface area contributed by atoms with Crippen LogP contribution < -0.4 is 10.1 Å². The number of aliphatic hydroxyl groups is 1. The molecule has 3 heteroatoms. The Labute approximate surface area is 129 Å². The summed E-state index contributed by atoms with van der Waals surface area (Å²) >= 11 is 0. The zero-order valence-electron chi connectivity index (χ0n) is 14.0. The molecule has 0 aliphatic rings. The molecular formula is C18H31NO2. The van der Waals surface area contributed by atoms with Gasteiger partial charge in [-0.3, -0.25) is 0 Å². The van der Waals surface area contributed by atoms with Crippen molar-refractivity contribution in [2.24, 2.45) is 0 Å². The number of rotatable bonds is 10. The lowest BCUT2D eigenvalue weighted by atomic mass is 9.92. The van der Waals surface area contributed by atoms with Crippen molar-refractivity contribution in [3.63, 3.8) is 0 Å². The topological polar surface area (TPSA) is 41.5 Å².